The van der Waals surface area contributed by atoms with Gasteiger partial charge in [-0.2, -0.15) is 10.1 Å². The van der Waals surface area contributed by atoms with Crippen molar-refractivity contribution in [2.24, 2.45) is 5.73 Å². The molecule has 28 heavy (non-hydrogen) atoms. The number of nitrogens with two attached hydrogens (primary N) is 1. The molecule has 4 aromatic rings. The van der Waals surface area contributed by atoms with Crippen LogP contribution in [0.3, 0.4) is 0 Å². The van der Waals surface area contributed by atoms with Crippen molar-refractivity contribution in [2.45, 2.75) is 44.7 Å². The Labute approximate surface area is 162 Å². The third kappa shape index (κ3) is 2.70. The molecule has 0 saturated heterocycles. The van der Waals surface area contributed by atoms with Crippen molar-refractivity contribution in [3.05, 3.63) is 48.4 Å². The predicted molar refractivity (Wildman–Crippen MR) is 106 cm³/mol. The van der Waals surface area contributed by atoms with Crippen LogP contribution < -0.4 is 5.73 Å². The number of rotatable bonds is 4. The molecule has 0 atom stereocenters. The van der Waals surface area contributed by atoms with Gasteiger partial charge in [0, 0.05) is 12.1 Å². The lowest BCUT2D eigenvalue weighted by Crippen LogP contribution is -2.34. The van der Waals surface area contributed by atoms with Crippen molar-refractivity contribution < 1.29 is 4.52 Å². The molecule has 2 N–H and O–H groups in total. The van der Waals surface area contributed by atoms with Gasteiger partial charge < -0.3 is 10.3 Å². The van der Waals surface area contributed by atoms with E-state index < -0.39 is 5.54 Å². The van der Waals surface area contributed by atoms with Crippen LogP contribution in [0.4, 0.5) is 0 Å². The Morgan fingerprint density at radius 2 is 1.93 bits per heavy atom. The van der Waals surface area contributed by atoms with Gasteiger partial charge in [-0.15, -0.1) is 0 Å². The van der Waals surface area contributed by atoms with Crippen LogP contribution >= 0.6 is 0 Å². The van der Waals surface area contributed by atoms with Crippen molar-refractivity contribution in [1.29, 1.82) is 0 Å². The van der Waals surface area contributed by atoms with Crippen LogP contribution in [0.25, 0.3) is 33.7 Å². The van der Waals surface area contributed by atoms with E-state index in [2.05, 4.69) is 15.2 Å². The van der Waals surface area contributed by atoms with Crippen LogP contribution in [0.5, 0.6) is 0 Å². The lowest BCUT2D eigenvalue weighted by Gasteiger charge is -2.17. The number of benzene rings is 1. The van der Waals surface area contributed by atoms with E-state index >= 15 is 0 Å². The van der Waals surface area contributed by atoms with Gasteiger partial charge in [-0.1, -0.05) is 48.3 Å². The Morgan fingerprint density at radius 3 is 2.68 bits per heavy atom. The van der Waals surface area contributed by atoms with Crippen molar-refractivity contribution in [1.82, 2.24) is 24.9 Å². The molecule has 5 rings (SSSR count). The Kier molecular flexibility index (Phi) is 3.98. The number of pyridine rings is 1. The number of fused-ring (bicyclic) bond motifs is 1. The SMILES string of the molecule is CCn1ncc2c(-c3nc(C4(N)CCCC4)no3)cc(-c3ccccc3)nc21. The molecule has 3 aromatic heterocycles. The summed E-state index contributed by atoms with van der Waals surface area (Å²) in [5, 5.41) is 9.59. The van der Waals surface area contributed by atoms with E-state index in [9.17, 15) is 0 Å². The zero-order valence-corrected chi connectivity index (χ0v) is 15.8. The first-order valence-corrected chi connectivity index (χ1v) is 9.73. The van der Waals surface area contributed by atoms with Gasteiger partial charge in [0.05, 0.1) is 28.4 Å². The molecule has 7 heteroatoms. The third-order valence-electron chi connectivity index (χ3n) is 5.58. The van der Waals surface area contributed by atoms with E-state index in [1.807, 2.05) is 54.2 Å². The highest BCUT2D eigenvalue weighted by Crippen LogP contribution is 2.37. The van der Waals surface area contributed by atoms with Gasteiger partial charge in [0.2, 0.25) is 0 Å². The monoisotopic (exact) mass is 374 g/mol. The van der Waals surface area contributed by atoms with E-state index in [-0.39, 0.29) is 0 Å². The van der Waals surface area contributed by atoms with Crippen molar-refractivity contribution in [2.75, 3.05) is 0 Å². The fourth-order valence-electron chi connectivity index (χ4n) is 3.98. The van der Waals surface area contributed by atoms with Gasteiger partial charge in [-0.05, 0) is 25.8 Å². The van der Waals surface area contributed by atoms with E-state index in [1.165, 1.54) is 0 Å². The Morgan fingerprint density at radius 1 is 1.14 bits per heavy atom. The van der Waals surface area contributed by atoms with Crippen LogP contribution in [0, 0.1) is 0 Å². The lowest BCUT2D eigenvalue weighted by atomic mass is 9.98. The number of aryl methyl sites for hydroxylation is 1. The first kappa shape index (κ1) is 17.1. The first-order chi connectivity index (χ1) is 13.7. The molecule has 0 aliphatic heterocycles. The topological polar surface area (TPSA) is 95.7 Å². The van der Waals surface area contributed by atoms with E-state index in [4.69, 9.17) is 15.2 Å². The van der Waals surface area contributed by atoms with Crippen LogP contribution in [0.1, 0.15) is 38.4 Å². The van der Waals surface area contributed by atoms with Gasteiger partial charge >= 0.3 is 0 Å². The number of nitrogens with zero attached hydrogens (tertiary/aromatic N) is 5. The summed E-state index contributed by atoms with van der Waals surface area (Å²) >= 11 is 0. The van der Waals surface area contributed by atoms with Gasteiger partial charge in [0.15, 0.2) is 11.5 Å². The molecule has 1 aliphatic rings. The fraction of sp³-hybridized carbons (Fsp3) is 0.333. The normalized spacial score (nSPS) is 16.1. The first-order valence-electron chi connectivity index (χ1n) is 9.73. The maximum absolute atomic E-state index is 6.52. The second-order valence-electron chi connectivity index (χ2n) is 7.41. The minimum atomic E-state index is -0.482. The van der Waals surface area contributed by atoms with Gasteiger partial charge in [-0.3, -0.25) is 0 Å². The summed E-state index contributed by atoms with van der Waals surface area (Å²) in [6.07, 6.45) is 5.79. The summed E-state index contributed by atoms with van der Waals surface area (Å²) in [5.74, 6) is 1.06. The molecule has 3 heterocycles. The highest BCUT2D eigenvalue weighted by Gasteiger charge is 2.36. The van der Waals surface area contributed by atoms with Crippen LogP contribution in [0.2, 0.25) is 0 Å². The molecule has 1 aromatic carbocycles. The number of aromatic nitrogens is 5. The average molecular weight is 374 g/mol. The smallest absolute Gasteiger partial charge is 0.258 e. The molecule has 0 bridgehead atoms. The third-order valence-corrected chi connectivity index (χ3v) is 5.58. The molecule has 142 valence electrons. The molecule has 1 fully saturated rings. The maximum Gasteiger partial charge on any atom is 0.258 e. The zero-order chi connectivity index (χ0) is 19.1. The fourth-order valence-corrected chi connectivity index (χ4v) is 3.98. The Balaban J connectivity index is 1.68. The van der Waals surface area contributed by atoms with Gasteiger partial charge in [0.25, 0.3) is 5.89 Å². The molecule has 1 saturated carbocycles. The summed E-state index contributed by atoms with van der Waals surface area (Å²) < 4.78 is 7.54. The second-order valence-corrected chi connectivity index (χ2v) is 7.41. The van der Waals surface area contributed by atoms with Crippen molar-refractivity contribution in [3.63, 3.8) is 0 Å². The van der Waals surface area contributed by atoms with Crippen molar-refractivity contribution >= 4 is 11.0 Å². The minimum Gasteiger partial charge on any atom is -0.334 e. The number of hydrogen-bond donors (Lipinski definition) is 1. The Hall–Kier alpha value is -3.06. The van der Waals surface area contributed by atoms with E-state index in [0.29, 0.717) is 11.7 Å². The summed E-state index contributed by atoms with van der Waals surface area (Å²) in [6.45, 7) is 2.78. The van der Waals surface area contributed by atoms with E-state index in [1.54, 1.807) is 0 Å². The van der Waals surface area contributed by atoms with Crippen LogP contribution in [-0.4, -0.2) is 24.9 Å². The summed E-state index contributed by atoms with van der Waals surface area (Å²) in [4.78, 5) is 9.53. The standard InChI is InChI=1S/C21H22N6O/c1-2-27-18-16(13-23-27)15(12-17(24-18)14-8-4-3-5-9-14)19-25-20(26-28-19)21(22)10-6-7-11-21/h3-5,8-9,12-13H,2,6-7,10-11,22H2,1H3. The predicted octanol–water partition coefficient (Wildman–Crippen LogP) is 3.90. The van der Waals surface area contributed by atoms with E-state index in [0.717, 1.165) is 60.1 Å². The highest BCUT2D eigenvalue weighted by molar-refractivity contribution is 5.92. The molecular weight excluding hydrogens is 352 g/mol. The zero-order valence-electron chi connectivity index (χ0n) is 15.8. The van der Waals surface area contributed by atoms with Crippen LogP contribution in [-0.2, 0) is 12.1 Å². The summed E-state index contributed by atoms with van der Waals surface area (Å²) in [6, 6.07) is 12.1. The molecule has 0 amide bonds. The molecule has 0 spiro atoms. The largest absolute Gasteiger partial charge is 0.334 e. The van der Waals surface area contributed by atoms with Gasteiger partial charge in [-0.25, -0.2) is 9.67 Å². The van der Waals surface area contributed by atoms with Gasteiger partial charge in [0.1, 0.15) is 0 Å². The summed E-state index contributed by atoms with van der Waals surface area (Å²) in [7, 11) is 0. The summed E-state index contributed by atoms with van der Waals surface area (Å²) in [5.41, 5.74) is 9.56. The number of hydrogen-bond acceptors (Lipinski definition) is 6. The molecule has 0 unspecified atom stereocenters. The Bertz CT molecular complexity index is 1120. The average Bonchev–Trinajstić information content (AvgIpc) is 3.47. The molecule has 7 nitrogen and oxygen atoms in total. The quantitative estimate of drug-likeness (QED) is 0.582. The van der Waals surface area contributed by atoms with Crippen molar-refractivity contribution in [3.8, 4) is 22.7 Å². The molecule has 0 radical (unpaired) electrons. The molecule has 1 aliphatic carbocycles. The minimum absolute atomic E-state index is 0.465. The molecular formula is C21H22N6O. The van der Waals surface area contributed by atoms with Crippen LogP contribution in [0.15, 0.2) is 47.1 Å². The second kappa shape index (κ2) is 6.53. The highest BCUT2D eigenvalue weighted by atomic mass is 16.5. The lowest BCUT2D eigenvalue weighted by molar-refractivity contribution is 0.373. The maximum atomic E-state index is 6.52.